The van der Waals surface area contributed by atoms with Gasteiger partial charge in [-0.15, -0.1) is 0 Å². The Kier molecular flexibility index (Phi) is 10.6. The van der Waals surface area contributed by atoms with Crippen LogP contribution in [0.25, 0.3) is 11.3 Å². The summed E-state index contributed by atoms with van der Waals surface area (Å²) in [6.07, 6.45) is -8.29. The fourth-order valence-corrected chi connectivity index (χ4v) is 4.22. The van der Waals surface area contributed by atoms with Gasteiger partial charge >= 0.3 is 18.3 Å². The summed E-state index contributed by atoms with van der Waals surface area (Å²) in [5, 5.41) is 15.9. The Labute approximate surface area is 252 Å². The minimum atomic E-state index is -5.08. The third-order valence-electron chi connectivity index (χ3n) is 6.15. The first-order valence-electron chi connectivity index (χ1n) is 12.4. The van der Waals surface area contributed by atoms with Gasteiger partial charge in [-0.25, -0.2) is 9.78 Å². The fourth-order valence-electron chi connectivity index (χ4n) is 3.95. The number of carbonyl (C=O) groups is 3. The van der Waals surface area contributed by atoms with Crippen LogP contribution in [-0.2, 0) is 24.6 Å². The van der Waals surface area contributed by atoms with Crippen molar-refractivity contribution in [1.29, 1.82) is 0 Å². The van der Waals surface area contributed by atoms with Gasteiger partial charge in [-0.05, 0) is 31.0 Å². The summed E-state index contributed by atoms with van der Waals surface area (Å²) in [5.74, 6) is -4.15. The number of carboxylic acids is 1. The van der Waals surface area contributed by atoms with Crippen LogP contribution in [0.3, 0.4) is 0 Å². The number of carbonyl (C=O) groups excluding carboxylic acids is 2. The van der Waals surface area contributed by atoms with E-state index in [1.165, 1.54) is 25.2 Å². The summed E-state index contributed by atoms with van der Waals surface area (Å²) in [6, 6.07) is 4.25. The van der Waals surface area contributed by atoms with Crippen molar-refractivity contribution in [3.05, 3.63) is 64.9 Å². The number of carboxylic acid groups (broad SMARTS) is 1. The lowest BCUT2D eigenvalue weighted by molar-refractivity contribution is -0.192. The van der Waals surface area contributed by atoms with E-state index in [0.29, 0.717) is 23.6 Å². The molecule has 0 bridgehead atoms. The second-order valence-corrected chi connectivity index (χ2v) is 9.89. The third kappa shape index (κ3) is 9.00. The Morgan fingerprint density at radius 1 is 1.13 bits per heavy atom. The number of rotatable bonds is 7. The minimum Gasteiger partial charge on any atom is -0.475 e. The molecule has 2 amide bonds. The van der Waals surface area contributed by atoms with Crippen molar-refractivity contribution in [2.45, 2.75) is 43.8 Å². The van der Waals surface area contributed by atoms with Crippen LogP contribution < -0.4 is 16.4 Å². The summed E-state index contributed by atoms with van der Waals surface area (Å²) in [7, 11) is 1.32. The number of alkyl halides is 6. The molecule has 0 unspecified atom stereocenters. The van der Waals surface area contributed by atoms with Gasteiger partial charge < -0.3 is 26.0 Å². The molecule has 0 aliphatic heterocycles. The van der Waals surface area contributed by atoms with Crippen LogP contribution >= 0.6 is 11.6 Å². The van der Waals surface area contributed by atoms with E-state index < -0.39 is 48.1 Å². The molecule has 1 aliphatic rings. The highest BCUT2D eigenvalue weighted by molar-refractivity contribution is 6.34. The number of benzene rings is 1. The molecule has 2 aromatic heterocycles. The number of nitrogens with one attached hydrogen (secondary N) is 2. The molecule has 0 atom stereocenters. The number of imidazole rings is 1. The van der Waals surface area contributed by atoms with Crippen LogP contribution in [0.5, 0.6) is 0 Å². The maximum Gasteiger partial charge on any atom is 0.490 e. The normalized spacial score (nSPS) is 16.2. The molecule has 4 rings (SSSR count). The molecule has 3 aromatic rings. The summed E-state index contributed by atoms with van der Waals surface area (Å²) in [6.45, 7) is -0.584. The zero-order valence-electron chi connectivity index (χ0n) is 22.7. The molecule has 1 saturated carbocycles. The Morgan fingerprint density at radius 2 is 1.76 bits per heavy atom. The Hall–Kier alpha value is -4.52. The first-order valence-corrected chi connectivity index (χ1v) is 12.8. The topological polar surface area (TPSA) is 157 Å². The summed E-state index contributed by atoms with van der Waals surface area (Å²) in [5.41, 5.74) is 4.27. The Balaban J connectivity index is 0.000000707. The van der Waals surface area contributed by atoms with Crippen molar-refractivity contribution in [3.8, 4) is 11.3 Å². The van der Waals surface area contributed by atoms with Crippen molar-refractivity contribution in [2.75, 3.05) is 5.32 Å². The SMILES string of the molecule is Cn1c(-c2cn(CC=C(F)F)nc2C(F)(F)F)cnc1C(=O)Nc1ccc(C(=O)NC2CC(N)C2)c(Cl)c1.O=C(O)C(F)(F)F. The molecule has 1 aliphatic carbocycles. The van der Waals surface area contributed by atoms with Crippen molar-refractivity contribution < 1.29 is 54.6 Å². The van der Waals surface area contributed by atoms with E-state index >= 15 is 0 Å². The van der Waals surface area contributed by atoms with E-state index in [2.05, 4.69) is 20.7 Å². The van der Waals surface area contributed by atoms with Gasteiger partial charge in [-0.2, -0.15) is 40.2 Å². The molecule has 5 N–H and O–H groups in total. The number of halogens is 9. The number of hydrogen-bond acceptors (Lipinski definition) is 6. The predicted molar refractivity (Wildman–Crippen MR) is 141 cm³/mol. The van der Waals surface area contributed by atoms with E-state index in [1.54, 1.807) is 0 Å². The molecule has 20 heteroatoms. The zero-order valence-corrected chi connectivity index (χ0v) is 23.4. The maximum absolute atomic E-state index is 13.6. The Morgan fingerprint density at radius 3 is 2.27 bits per heavy atom. The molecule has 0 radical (unpaired) electrons. The molecule has 244 valence electrons. The number of allylic oxidation sites excluding steroid dienone is 1. The van der Waals surface area contributed by atoms with Crippen molar-refractivity contribution in [2.24, 2.45) is 12.8 Å². The first kappa shape index (κ1) is 35.0. The van der Waals surface area contributed by atoms with Crippen molar-refractivity contribution in [1.82, 2.24) is 24.6 Å². The van der Waals surface area contributed by atoms with E-state index in [9.17, 15) is 44.7 Å². The van der Waals surface area contributed by atoms with Gasteiger partial charge in [-0.3, -0.25) is 14.3 Å². The van der Waals surface area contributed by atoms with E-state index in [4.69, 9.17) is 27.2 Å². The van der Waals surface area contributed by atoms with Crippen LogP contribution in [0.2, 0.25) is 5.02 Å². The number of nitrogens with zero attached hydrogens (tertiary/aromatic N) is 4. The zero-order chi connectivity index (χ0) is 33.9. The fraction of sp³-hybridized carbons (Fsp3) is 0.320. The van der Waals surface area contributed by atoms with Gasteiger partial charge in [0.15, 0.2) is 11.5 Å². The van der Waals surface area contributed by atoms with Gasteiger partial charge in [0.05, 0.1) is 34.6 Å². The lowest BCUT2D eigenvalue weighted by atomic mass is 9.87. The van der Waals surface area contributed by atoms with Crippen LogP contribution in [0, 0.1) is 0 Å². The number of nitrogens with two attached hydrogens (primary N) is 1. The number of anilines is 1. The average Bonchev–Trinajstić information content (AvgIpc) is 3.49. The summed E-state index contributed by atoms with van der Waals surface area (Å²) >= 11 is 6.23. The van der Waals surface area contributed by atoms with E-state index in [-0.39, 0.29) is 45.8 Å². The molecule has 1 aromatic carbocycles. The second kappa shape index (κ2) is 13.6. The third-order valence-corrected chi connectivity index (χ3v) is 6.47. The van der Waals surface area contributed by atoms with E-state index in [0.717, 1.165) is 17.0 Å². The average molecular weight is 672 g/mol. The molecular weight excluding hydrogens is 650 g/mol. The number of amides is 2. The van der Waals surface area contributed by atoms with Gasteiger partial charge in [0.25, 0.3) is 17.9 Å². The monoisotopic (exact) mass is 671 g/mol. The quantitative estimate of drug-likeness (QED) is 0.262. The first-order chi connectivity index (χ1) is 20.8. The summed E-state index contributed by atoms with van der Waals surface area (Å²) < 4.78 is 99.1. The molecule has 11 nitrogen and oxygen atoms in total. The molecule has 1 fully saturated rings. The van der Waals surface area contributed by atoms with Crippen molar-refractivity contribution in [3.63, 3.8) is 0 Å². The standard InChI is InChI=1S/C23H21ClF5N7O2.C2HF3O2/c1-35-17(15-10-36(5-4-18(25)26)34-19(15)23(27,28)29)9-31-20(35)22(38)32-12-2-3-14(16(24)8-12)21(37)33-13-6-11(30)7-13;3-2(4,5)1(6)7/h2-4,8-11,13H,5-7,30H2,1H3,(H,32,38)(H,33,37);(H,6,7). The Bertz CT molecular complexity index is 1610. The van der Waals surface area contributed by atoms with Crippen LogP contribution in [0.15, 0.2) is 42.7 Å². The van der Waals surface area contributed by atoms with Gasteiger partial charge in [0.2, 0.25) is 0 Å². The highest BCUT2D eigenvalue weighted by atomic mass is 35.5. The number of aromatic nitrogens is 4. The molecule has 45 heavy (non-hydrogen) atoms. The lowest BCUT2D eigenvalue weighted by Gasteiger charge is -2.33. The van der Waals surface area contributed by atoms with Gasteiger partial charge in [0, 0.05) is 37.1 Å². The highest BCUT2D eigenvalue weighted by Gasteiger charge is 2.39. The number of aliphatic carboxylic acids is 1. The number of hydrogen-bond donors (Lipinski definition) is 4. The largest absolute Gasteiger partial charge is 0.490 e. The summed E-state index contributed by atoms with van der Waals surface area (Å²) in [4.78, 5) is 38.1. The van der Waals surface area contributed by atoms with Gasteiger partial charge in [-0.1, -0.05) is 11.6 Å². The van der Waals surface area contributed by atoms with Gasteiger partial charge in [0.1, 0.15) is 0 Å². The lowest BCUT2D eigenvalue weighted by Crippen LogP contribution is -2.50. The smallest absolute Gasteiger partial charge is 0.475 e. The van der Waals surface area contributed by atoms with E-state index in [1.807, 2.05) is 0 Å². The maximum atomic E-state index is 13.6. The minimum absolute atomic E-state index is 0.0307. The molecule has 2 heterocycles. The van der Waals surface area contributed by atoms with Crippen LogP contribution in [0.4, 0.5) is 40.8 Å². The molecule has 0 spiro atoms. The van der Waals surface area contributed by atoms with Crippen LogP contribution in [-0.4, -0.2) is 60.5 Å². The highest BCUT2D eigenvalue weighted by Crippen LogP contribution is 2.36. The molecular formula is C25H22ClF8N7O4. The predicted octanol–water partition coefficient (Wildman–Crippen LogP) is 4.84. The second-order valence-electron chi connectivity index (χ2n) is 9.48. The van der Waals surface area contributed by atoms with Crippen molar-refractivity contribution >= 4 is 35.1 Å². The van der Waals surface area contributed by atoms with Crippen LogP contribution in [0.1, 0.15) is 39.5 Å². The molecule has 0 saturated heterocycles.